The molecule has 7 heteroatoms. The highest BCUT2D eigenvalue weighted by molar-refractivity contribution is 7.99. The topological polar surface area (TPSA) is 70.8 Å². The Kier molecular flexibility index (Phi) is 5.53. The van der Waals surface area contributed by atoms with Gasteiger partial charge in [0, 0.05) is 42.7 Å². The van der Waals surface area contributed by atoms with Gasteiger partial charge in [0.15, 0.2) is 5.84 Å². The van der Waals surface area contributed by atoms with E-state index >= 15 is 0 Å². The zero-order valence-corrected chi connectivity index (χ0v) is 14.4. The molecular formula is C17H20N4O2S. The highest BCUT2D eigenvalue weighted by atomic mass is 32.2. The van der Waals surface area contributed by atoms with Gasteiger partial charge in [-0.2, -0.15) is 11.8 Å². The Morgan fingerprint density at radius 2 is 2.00 bits per heavy atom. The number of pyridine rings is 2. The maximum absolute atomic E-state index is 9.56. The first-order valence-corrected chi connectivity index (χ1v) is 8.98. The lowest BCUT2D eigenvalue weighted by Gasteiger charge is -2.29. The normalized spacial score (nSPS) is 15.4. The van der Waals surface area contributed by atoms with E-state index in [-0.39, 0.29) is 0 Å². The summed E-state index contributed by atoms with van der Waals surface area (Å²) in [5.41, 5.74) is 2.58. The number of ether oxygens (including phenoxy) is 1. The first kappa shape index (κ1) is 16.6. The number of hydrogen-bond acceptors (Lipinski definition) is 6. The lowest BCUT2D eigenvalue weighted by atomic mass is 10.2. The molecule has 1 fully saturated rings. The largest absolute Gasteiger partial charge is 0.472 e. The van der Waals surface area contributed by atoms with Crippen LogP contribution in [-0.2, 0) is 6.61 Å². The minimum absolute atomic E-state index is 0.389. The molecule has 2 aromatic heterocycles. The molecule has 1 aliphatic heterocycles. The molecule has 2 aromatic rings. The summed E-state index contributed by atoms with van der Waals surface area (Å²) in [6, 6.07) is 7.61. The number of amidine groups is 1. The van der Waals surface area contributed by atoms with E-state index in [0.717, 1.165) is 35.9 Å². The molecule has 0 atom stereocenters. The molecule has 0 spiro atoms. The maximum atomic E-state index is 9.56. The average Bonchev–Trinajstić information content (AvgIpc) is 2.64. The van der Waals surface area contributed by atoms with Gasteiger partial charge in [0.25, 0.3) is 0 Å². The second-order valence-corrected chi connectivity index (χ2v) is 6.70. The smallest absolute Gasteiger partial charge is 0.225 e. The van der Waals surface area contributed by atoms with E-state index in [1.807, 2.05) is 43.0 Å². The van der Waals surface area contributed by atoms with Crippen molar-refractivity contribution in [2.24, 2.45) is 5.16 Å². The Morgan fingerprint density at radius 3 is 2.71 bits per heavy atom. The van der Waals surface area contributed by atoms with Crippen molar-refractivity contribution < 1.29 is 9.94 Å². The third-order valence-corrected chi connectivity index (χ3v) is 4.71. The molecule has 0 amide bonds. The molecule has 0 radical (unpaired) electrons. The zero-order valence-electron chi connectivity index (χ0n) is 13.6. The molecule has 0 bridgehead atoms. The Labute approximate surface area is 145 Å². The first-order chi connectivity index (χ1) is 11.8. The van der Waals surface area contributed by atoms with Gasteiger partial charge in [-0.25, -0.2) is 4.98 Å². The van der Waals surface area contributed by atoms with Crippen molar-refractivity contribution in [1.29, 1.82) is 0 Å². The molecule has 1 N–H and O–H groups in total. The van der Waals surface area contributed by atoms with Gasteiger partial charge in [0.2, 0.25) is 5.88 Å². The fourth-order valence-corrected chi connectivity index (χ4v) is 3.41. The highest BCUT2D eigenvalue weighted by Gasteiger charge is 2.21. The number of rotatable bonds is 4. The molecule has 3 rings (SSSR count). The fourth-order valence-electron chi connectivity index (χ4n) is 2.51. The molecular weight excluding hydrogens is 324 g/mol. The molecule has 1 aliphatic rings. The van der Waals surface area contributed by atoms with Crippen LogP contribution in [0.2, 0.25) is 0 Å². The Hall–Kier alpha value is -2.28. The quantitative estimate of drug-likeness (QED) is 0.398. The molecule has 0 unspecified atom stereocenters. The van der Waals surface area contributed by atoms with Crippen LogP contribution in [0.3, 0.4) is 0 Å². The van der Waals surface area contributed by atoms with Crippen LogP contribution < -0.4 is 4.74 Å². The summed E-state index contributed by atoms with van der Waals surface area (Å²) in [6.07, 6.45) is 3.46. The summed E-state index contributed by atoms with van der Waals surface area (Å²) < 4.78 is 5.91. The van der Waals surface area contributed by atoms with Crippen molar-refractivity contribution in [3.63, 3.8) is 0 Å². The number of thioether (sulfide) groups is 1. The van der Waals surface area contributed by atoms with E-state index in [1.54, 1.807) is 12.4 Å². The molecule has 1 saturated heterocycles. The molecule has 6 nitrogen and oxygen atoms in total. The second kappa shape index (κ2) is 8.01. The number of oxime groups is 1. The Morgan fingerprint density at radius 1 is 1.25 bits per heavy atom. The number of aryl methyl sites for hydroxylation is 1. The molecule has 0 aliphatic carbocycles. The van der Waals surface area contributed by atoms with Crippen molar-refractivity contribution in [3.8, 4) is 5.88 Å². The predicted molar refractivity (Wildman–Crippen MR) is 94.8 cm³/mol. The van der Waals surface area contributed by atoms with Crippen molar-refractivity contribution in [2.75, 3.05) is 24.6 Å². The molecule has 3 heterocycles. The van der Waals surface area contributed by atoms with Gasteiger partial charge in [-0.3, -0.25) is 4.98 Å². The lowest BCUT2D eigenvalue weighted by Crippen LogP contribution is -2.38. The summed E-state index contributed by atoms with van der Waals surface area (Å²) >= 11 is 1.90. The third-order valence-electron chi connectivity index (χ3n) is 3.77. The van der Waals surface area contributed by atoms with Gasteiger partial charge in [-0.15, -0.1) is 0 Å². The highest BCUT2D eigenvalue weighted by Crippen LogP contribution is 2.22. The Bertz CT molecular complexity index is 703. The minimum Gasteiger partial charge on any atom is -0.472 e. The van der Waals surface area contributed by atoms with Crippen LogP contribution in [0.5, 0.6) is 5.88 Å². The van der Waals surface area contributed by atoms with Gasteiger partial charge in [-0.1, -0.05) is 5.16 Å². The van der Waals surface area contributed by atoms with Crippen LogP contribution in [0.1, 0.15) is 16.8 Å². The van der Waals surface area contributed by atoms with E-state index in [2.05, 4.69) is 20.0 Å². The van der Waals surface area contributed by atoms with Crippen LogP contribution >= 0.6 is 11.8 Å². The van der Waals surface area contributed by atoms with E-state index < -0.39 is 0 Å². The van der Waals surface area contributed by atoms with Crippen LogP contribution in [0.15, 0.2) is 41.8 Å². The van der Waals surface area contributed by atoms with E-state index in [4.69, 9.17) is 4.74 Å². The summed E-state index contributed by atoms with van der Waals surface area (Å²) in [5, 5.41) is 13.1. The summed E-state index contributed by atoms with van der Waals surface area (Å²) in [6.45, 7) is 4.00. The van der Waals surface area contributed by atoms with E-state index in [0.29, 0.717) is 23.9 Å². The van der Waals surface area contributed by atoms with Gasteiger partial charge in [0.05, 0.1) is 5.56 Å². The monoisotopic (exact) mass is 344 g/mol. The van der Waals surface area contributed by atoms with Gasteiger partial charge < -0.3 is 14.8 Å². The van der Waals surface area contributed by atoms with Crippen LogP contribution in [0.25, 0.3) is 0 Å². The van der Waals surface area contributed by atoms with Crippen molar-refractivity contribution in [3.05, 3.63) is 53.5 Å². The minimum atomic E-state index is 0.389. The van der Waals surface area contributed by atoms with Gasteiger partial charge in [0.1, 0.15) is 6.61 Å². The van der Waals surface area contributed by atoms with Gasteiger partial charge in [-0.05, 0) is 36.8 Å². The van der Waals surface area contributed by atoms with Crippen LogP contribution in [0, 0.1) is 6.92 Å². The number of nitrogens with zero attached hydrogens (tertiary/aromatic N) is 4. The van der Waals surface area contributed by atoms with Crippen LogP contribution in [-0.4, -0.2) is 50.5 Å². The van der Waals surface area contributed by atoms with E-state index in [9.17, 15) is 5.21 Å². The standard InChI is InChI=1S/C17H20N4O2S/c1-13-2-3-15(16(20-22)21-8-10-24-11-9-21)17(19-13)23-12-14-4-6-18-7-5-14/h2-7,22H,8-12H2,1H3/b20-16-. The molecule has 126 valence electrons. The van der Waals surface area contributed by atoms with Crippen molar-refractivity contribution >= 4 is 17.6 Å². The number of hydrogen-bond donors (Lipinski definition) is 1. The Balaban J connectivity index is 1.84. The number of aromatic nitrogens is 2. The second-order valence-electron chi connectivity index (χ2n) is 5.47. The molecule has 0 aromatic carbocycles. The molecule has 0 saturated carbocycles. The lowest BCUT2D eigenvalue weighted by molar-refractivity contribution is 0.286. The molecule has 24 heavy (non-hydrogen) atoms. The maximum Gasteiger partial charge on any atom is 0.225 e. The fraction of sp³-hybridized carbons (Fsp3) is 0.353. The predicted octanol–water partition coefficient (Wildman–Crippen LogP) is 2.55. The summed E-state index contributed by atoms with van der Waals surface area (Å²) in [7, 11) is 0. The average molecular weight is 344 g/mol. The van der Waals surface area contributed by atoms with Gasteiger partial charge >= 0.3 is 0 Å². The SMILES string of the molecule is Cc1ccc(/C(=N/O)N2CCSCC2)c(OCc2ccncc2)n1. The van der Waals surface area contributed by atoms with Crippen molar-refractivity contribution in [2.45, 2.75) is 13.5 Å². The first-order valence-electron chi connectivity index (χ1n) is 7.82. The van der Waals surface area contributed by atoms with Crippen molar-refractivity contribution in [1.82, 2.24) is 14.9 Å². The third kappa shape index (κ3) is 3.97. The summed E-state index contributed by atoms with van der Waals surface area (Å²) in [5.74, 6) is 3.04. The van der Waals surface area contributed by atoms with E-state index in [1.165, 1.54) is 0 Å². The summed E-state index contributed by atoms with van der Waals surface area (Å²) in [4.78, 5) is 10.6. The zero-order chi connectivity index (χ0) is 16.8. The van der Waals surface area contributed by atoms with Crippen LogP contribution in [0.4, 0.5) is 0 Å².